The standard InChI is InChI=1S/C15H18ClNO4/c1-2-19-15(18)13(17-10-3-4-10)9-7-11(16)14-12(8-9)20-5-6-21-14/h7-8,10,13,17H,2-6H2,1H3. The van der Waals surface area contributed by atoms with Crippen molar-refractivity contribution in [3.63, 3.8) is 0 Å². The fraction of sp³-hybridized carbons (Fsp3) is 0.533. The molecule has 1 atom stereocenters. The summed E-state index contributed by atoms with van der Waals surface area (Å²) in [5, 5.41) is 3.75. The van der Waals surface area contributed by atoms with Crippen LogP contribution in [0.25, 0.3) is 0 Å². The van der Waals surface area contributed by atoms with Gasteiger partial charge in [-0.1, -0.05) is 11.6 Å². The van der Waals surface area contributed by atoms with Crippen LogP contribution in [-0.2, 0) is 9.53 Å². The van der Waals surface area contributed by atoms with Crippen molar-refractivity contribution in [2.75, 3.05) is 19.8 Å². The highest BCUT2D eigenvalue weighted by Gasteiger charge is 2.32. The van der Waals surface area contributed by atoms with Crippen molar-refractivity contribution in [2.24, 2.45) is 0 Å². The second-order valence-corrected chi connectivity index (χ2v) is 5.56. The molecular formula is C15H18ClNO4. The van der Waals surface area contributed by atoms with E-state index >= 15 is 0 Å². The Kier molecular flexibility index (Phi) is 4.22. The number of nitrogens with one attached hydrogen (secondary N) is 1. The first-order valence-electron chi connectivity index (χ1n) is 7.20. The summed E-state index contributed by atoms with van der Waals surface area (Å²) in [6.07, 6.45) is 2.16. The first-order chi connectivity index (χ1) is 10.2. The van der Waals surface area contributed by atoms with Gasteiger partial charge < -0.3 is 14.2 Å². The number of ether oxygens (including phenoxy) is 3. The van der Waals surface area contributed by atoms with Crippen molar-refractivity contribution < 1.29 is 19.0 Å². The summed E-state index contributed by atoms with van der Waals surface area (Å²) in [5.74, 6) is 0.827. The molecule has 1 aliphatic carbocycles. The maximum atomic E-state index is 12.2. The Hall–Kier alpha value is -1.46. The van der Waals surface area contributed by atoms with Crippen LogP contribution in [0.15, 0.2) is 12.1 Å². The third kappa shape index (κ3) is 3.24. The number of halogens is 1. The molecule has 6 heteroatoms. The highest BCUT2D eigenvalue weighted by atomic mass is 35.5. The molecule has 1 aromatic rings. The zero-order valence-corrected chi connectivity index (χ0v) is 12.6. The number of benzene rings is 1. The van der Waals surface area contributed by atoms with Crippen LogP contribution in [0.2, 0.25) is 5.02 Å². The first-order valence-corrected chi connectivity index (χ1v) is 7.58. The van der Waals surface area contributed by atoms with Crippen LogP contribution >= 0.6 is 11.6 Å². The van der Waals surface area contributed by atoms with Crippen molar-refractivity contribution >= 4 is 17.6 Å². The maximum absolute atomic E-state index is 12.2. The average molecular weight is 312 g/mol. The van der Waals surface area contributed by atoms with Crippen molar-refractivity contribution in [1.29, 1.82) is 0 Å². The molecule has 0 bridgehead atoms. The minimum absolute atomic E-state index is 0.294. The lowest BCUT2D eigenvalue weighted by atomic mass is 10.1. The molecule has 1 unspecified atom stereocenters. The van der Waals surface area contributed by atoms with Gasteiger partial charge in [-0.05, 0) is 37.5 Å². The monoisotopic (exact) mass is 311 g/mol. The van der Waals surface area contributed by atoms with Gasteiger partial charge in [0, 0.05) is 6.04 Å². The van der Waals surface area contributed by atoms with Crippen LogP contribution in [-0.4, -0.2) is 31.8 Å². The minimum Gasteiger partial charge on any atom is -0.486 e. The summed E-state index contributed by atoms with van der Waals surface area (Å²) in [6, 6.07) is 3.39. The molecule has 5 nitrogen and oxygen atoms in total. The van der Waals surface area contributed by atoms with Gasteiger partial charge in [0.15, 0.2) is 11.5 Å². The van der Waals surface area contributed by atoms with Crippen molar-refractivity contribution in [2.45, 2.75) is 31.8 Å². The normalized spacial score (nSPS) is 18.2. The maximum Gasteiger partial charge on any atom is 0.327 e. The van der Waals surface area contributed by atoms with E-state index in [1.807, 2.05) is 0 Å². The Morgan fingerprint density at radius 2 is 2.19 bits per heavy atom. The third-order valence-electron chi connectivity index (χ3n) is 3.45. The molecule has 1 heterocycles. The number of carbonyl (C=O) groups excluding carboxylic acids is 1. The highest BCUT2D eigenvalue weighted by molar-refractivity contribution is 6.32. The Morgan fingerprint density at radius 3 is 2.90 bits per heavy atom. The number of esters is 1. The van der Waals surface area contributed by atoms with E-state index in [1.54, 1.807) is 19.1 Å². The van der Waals surface area contributed by atoms with Crippen LogP contribution in [0.3, 0.4) is 0 Å². The molecule has 0 amide bonds. The zero-order chi connectivity index (χ0) is 14.8. The van der Waals surface area contributed by atoms with Gasteiger partial charge in [-0.2, -0.15) is 0 Å². The number of hydrogen-bond acceptors (Lipinski definition) is 5. The lowest BCUT2D eigenvalue weighted by Gasteiger charge is -2.23. The van der Waals surface area contributed by atoms with E-state index in [2.05, 4.69) is 5.32 Å². The smallest absolute Gasteiger partial charge is 0.327 e. The van der Waals surface area contributed by atoms with E-state index in [4.69, 9.17) is 25.8 Å². The van der Waals surface area contributed by atoms with Crippen LogP contribution in [0, 0.1) is 0 Å². The number of hydrogen-bond donors (Lipinski definition) is 1. The highest BCUT2D eigenvalue weighted by Crippen LogP contribution is 2.40. The Labute approximate surface area is 128 Å². The fourth-order valence-corrected chi connectivity index (χ4v) is 2.58. The van der Waals surface area contributed by atoms with Gasteiger partial charge in [0.2, 0.25) is 0 Å². The molecule has 1 N–H and O–H groups in total. The molecule has 2 aliphatic rings. The minimum atomic E-state index is -0.522. The summed E-state index contributed by atoms with van der Waals surface area (Å²) in [4.78, 5) is 12.2. The van der Waals surface area contributed by atoms with Crippen molar-refractivity contribution in [3.8, 4) is 11.5 Å². The van der Waals surface area contributed by atoms with Crippen LogP contribution < -0.4 is 14.8 Å². The molecule has 1 aromatic carbocycles. The molecular weight excluding hydrogens is 294 g/mol. The van der Waals surface area contributed by atoms with E-state index in [9.17, 15) is 4.79 Å². The predicted molar refractivity (Wildman–Crippen MR) is 78.0 cm³/mol. The summed E-state index contributed by atoms with van der Waals surface area (Å²) in [6.45, 7) is 3.10. The van der Waals surface area contributed by atoms with E-state index in [1.165, 1.54) is 0 Å². The van der Waals surface area contributed by atoms with Gasteiger partial charge in [0.05, 0.1) is 11.6 Å². The van der Waals surface area contributed by atoms with Gasteiger partial charge in [-0.25, -0.2) is 4.79 Å². The summed E-state index contributed by atoms with van der Waals surface area (Å²) in [7, 11) is 0. The van der Waals surface area contributed by atoms with Crippen LogP contribution in [0.5, 0.6) is 11.5 Å². The van der Waals surface area contributed by atoms with E-state index in [-0.39, 0.29) is 5.97 Å². The molecule has 21 heavy (non-hydrogen) atoms. The molecule has 3 rings (SSSR count). The van der Waals surface area contributed by atoms with Gasteiger partial charge in [0.1, 0.15) is 19.3 Å². The van der Waals surface area contributed by atoms with Gasteiger partial charge in [-0.15, -0.1) is 0 Å². The fourth-order valence-electron chi connectivity index (χ4n) is 2.31. The van der Waals surface area contributed by atoms with Crippen molar-refractivity contribution in [3.05, 3.63) is 22.7 Å². The SMILES string of the molecule is CCOC(=O)C(NC1CC1)c1cc(Cl)c2c(c1)OCCO2. The predicted octanol–water partition coefficient (Wildman–Crippen LogP) is 2.47. The molecule has 0 aromatic heterocycles. The third-order valence-corrected chi connectivity index (χ3v) is 3.74. The summed E-state index contributed by atoms with van der Waals surface area (Å²) < 4.78 is 16.2. The van der Waals surface area contributed by atoms with Gasteiger partial charge in [-0.3, -0.25) is 5.32 Å². The Bertz CT molecular complexity index is 545. The van der Waals surface area contributed by atoms with Crippen LogP contribution in [0.4, 0.5) is 0 Å². The molecule has 1 fully saturated rings. The summed E-state index contributed by atoms with van der Waals surface area (Å²) >= 11 is 6.24. The molecule has 114 valence electrons. The Morgan fingerprint density at radius 1 is 1.43 bits per heavy atom. The number of fused-ring (bicyclic) bond motifs is 1. The number of rotatable bonds is 5. The van der Waals surface area contributed by atoms with Crippen molar-refractivity contribution in [1.82, 2.24) is 5.32 Å². The molecule has 1 saturated carbocycles. The largest absolute Gasteiger partial charge is 0.486 e. The zero-order valence-electron chi connectivity index (χ0n) is 11.9. The van der Waals surface area contributed by atoms with E-state index in [0.717, 1.165) is 18.4 Å². The molecule has 0 saturated heterocycles. The van der Waals surface area contributed by atoms with Crippen LogP contribution in [0.1, 0.15) is 31.4 Å². The molecule has 0 spiro atoms. The number of carbonyl (C=O) groups is 1. The first kappa shape index (κ1) is 14.5. The topological polar surface area (TPSA) is 56.8 Å². The van der Waals surface area contributed by atoms with Gasteiger partial charge in [0.25, 0.3) is 0 Å². The van der Waals surface area contributed by atoms with E-state index in [0.29, 0.717) is 42.4 Å². The lowest BCUT2D eigenvalue weighted by molar-refractivity contribution is -0.145. The van der Waals surface area contributed by atoms with E-state index < -0.39 is 6.04 Å². The quantitative estimate of drug-likeness (QED) is 0.847. The van der Waals surface area contributed by atoms with Gasteiger partial charge >= 0.3 is 5.97 Å². The molecule has 1 aliphatic heterocycles. The second kappa shape index (κ2) is 6.12. The Balaban J connectivity index is 1.90. The second-order valence-electron chi connectivity index (χ2n) is 5.15. The lowest BCUT2D eigenvalue weighted by Crippen LogP contribution is -2.32. The molecule has 0 radical (unpaired) electrons. The average Bonchev–Trinajstić information content (AvgIpc) is 3.29. The summed E-state index contributed by atoms with van der Waals surface area (Å²) in [5.41, 5.74) is 0.745.